The van der Waals surface area contributed by atoms with Gasteiger partial charge >= 0.3 is 0 Å². The first-order chi connectivity index (χ1) is 16.0. The highest BCUT2D eigenvalue weighted by atomic mass is 32.1. The molecule has 172 valence electrons. The number of hydrogen-bond acceptors (Lipinski definition) is 3. The molecule has 1 fully saturated rings. The molecule has 0 spiro atoms. The molecule has 1 aliphatic carbocycles. The van der Waals surface area contributed by atoms with Gasteiger partial charge in [0, 0.05) is 11.7 Å². The Hall–Kier alpha value is -2.92. The van der Waals surface area contributed by atoms with Crippen molar-refractivity contribution in [3.8, 4) is 0 Å². The van der Waals surface area contributed by atoms with Gasteiger partial charge in [-0.2, -0.15) is 11.3 Å². The lowest BCUT2D eigenvalue weighted by atomic mass is 9.94. The van der Waals surface area contributed by atoms with E-state index in [-0.39, 0.29) is 24.3 Å². The molecular weight excluding hydrogens is 428 g/mol. The summed E-state index contributed by atoms with van der Waals surface area (Å²) in [5.41, 5.74) is 4.69. The average molecular weight is 461 g/mol. The SMILES string of the molecule is Cc1cc(C)cc(N(C(=O)Cc2ccsc2)[C@H](C(=O)NC2CCCCC2)c2ccccc2)c1. The zero-order chi connectivity index (χ0) is 23.2. The maximum atomic E-state index is 13.8. The maximum absolute atomic E-state index is 13.8. The molecule has 1 N–H and O–H groups in total. The summed E-state index contributed by atoms with van der Waals surface area (Å²) < 4.78 is 0. The van der Waals surface area contributed by atoms with Crippen LogP contribution in [0.3, 0.4) is 0 Å². The van der Waals surface area contributed by atoms with Gasteiger partial charge in [-0.15, -0.1) is 0 Å². The number of hydrogen-bond donors (Lipinski definition) is 1. The van der Waals surface area contributed by atoms with E-state index in [1.807, 2.05) is 73.1 Å². The van der Waals surface area contributed by atoms with Gasteiger partial charge in [-0.3, -0.25) is 14.5 Å². The molecule has 4 nitrogen and oxygen atoms in total. The van der Waals surface area contributed by atoms with E-state index in [4.69, 9.17) is 0 Å². The Labute approximate surface area is 200 Å². The number of carbonyl (C=O) groups is 2. The molecule has 0 radical (unpaired) electrons. The fourth-order valence-corrected chi connectivity index (χ4v) is 5.43. The Morgan fingerprint density at radius 2 is 1.70 bits per heavy atom. The van der Waals surface area contributed by atoms with Crippen LogP contribution < -0.4 is 10.2 Å². The third-order valence-electron chi connectivity index (χ3n) is 6.26. The number of thiophene rings is 1. The van der Waals surface area contributed by atoms with E-state index in [0.29, 0.717) is 0 Å². The molecular formula is C28H32N2O2S. The summed E-state index contributed by atoms with van der Waals surface area (Å²) in [5, 5.41) is 7.26. The highest BCUT2D eigenvalue weighted by Gasteiger charge is 2.34. The Kier molecular flexibility index (Phi) is 7.61. The zero-order valence-electron chi connectivity index (χ0n) is 19.4. The van der Waals surface area contributed by atoms with Crippen LogP contribution in [0.15, 0.2) is 65.4 Å². The quantitative estimate of drug-likeness (QED) is 0.461. The first kappa shape index (κ1) is 23.2. The van der Waals surface area contributed by atoms with Gasteiger partial charge in [0.2, 0.25) is 11.8 Å². The molecule has 1 heterocycles. The molecule has 0 saturated heterocycles. The first-order valence-corrected chi connectivity index (χ1v) is 12.7. The molecule has 1 aromatic heterocycles. The molecule has 33 heavy (non-hydrogen) atoms. The zero-order valence-corrected chi connectivity index (χ0v) is 20.2. The summed E-state index contributed by atoms with van der Waals surface area (Å²) in [7, 11) is 0. The number of amides is 2. The van der Waals surface area contributed by atoms with Crippen LogP contribution in [0.5, 0.6) is 0 Å². The molecule has 3 aromatic rings. The minimum atomic E-state index is -0.722. The van der Waals surface area contributed by atoms with Crippen LogP contribution in [-0.4, -0.2) is 17.9 Å². The summed E-state index contributed by atoms with van der Waals surface area (Å²) in [6.45, 7) is 4.05. The minimum Gasteiger partial charge on any atom is -0.351 e. The van der Waals surface area contributed by atoms with Crippen LogP contribution in [-0.2, 0) is 16.0 Å². The third-order valence-corrected chi connectivity index (χ3v) is 6.99. The van der Waals surface area contributed by atoms with Crippen LogP contribution in [0, 0.1) is 13.8 Å². The van der Waals surface area contributed by atoms with Crippen molar-refractivity contribution in [2.75, 3.05) is 4.90 Å². The largest absolute Gasteiger partial charge is 0.351 e. The van der Waals surface area contributed by atoms with Crippen molar-refractivity contribution in [1.29, 1.82) is 0 Å². The number of nitrogens with zero attached hydrogens (tertiary/aromatic N) is 1. The summed E-state index contributed by atoms with van der Waals surface area (Å²) in [6.07, 6.45) is 5.76. The smallest absolute Gasteiger partial charge is 0.248 e. The topological polar surface area (TPSA) is 49.4 Å². The number of rotatable bonds is 7. The van der Waals surface area contributed by atoms with Gasteiger partial charge in [0.25, 0.3) is 0 Å². The number of benzene rings is 2. The molecule has 1 aliphatic rings. The normalized spacial score (nSPS) is 15.1. The van der Waals surface area contributed by atoms with Crippen LogP contribution >= 0.6 is 11.3 Å². The number of anilines is 1. The predicted octanol–water partition coefficient (Wildman–Crippen LogP) is 6.13. The monoisotopic (exact) mass is 460 g/mol. The van der Waals surface area contributed by atoms with Gasteiger partial charge in [0.05, 0.1) is 6.42 Å². The van der Waals surface area contributed by atoms with E-state index in [9.17, 15) is 9.59 Å². The van der Waals surface area contributed by atoms with Crippen molar-refractivity contribution < 1.29 is 9.59 Å². The number of aryl methyl sites for hydroxylation is 2. The molecule has 0 aliphatic heterocycles. The second-order valence-electron chi connectivity index (χ2n) is 9.07. The second-order valence-corrected chi connectivity index (χ2v) is 9.85. The van der Waals surface area contributed by atoms with Gasteiger partial charge in [0.1, 0.15) is 6.04 Å². The molecule has 0 unspecified atom stereocenters. The fourth-order valence-electron chi connectivity index (χ4n) is 4.76. The van der Waals surface area contributed by atoms with Crippen molar-refractivity contribution in [3.05, 3.63) is 87.6 Å². The van der Waals surface area contributed by atoms with Gasteiger partial charge in [-0.05, 0) is 77.9 Å². The lowest BCUT2D eigenvalue weighted by Gasteiger charge is -2.34. The van der Waals surface area contributed by atoms with Gasteiger partial charge in [0.15, 0.2) is 0 Å². The van der Waals surface area contributed by atoms with E-state index in [2.05, 4.69) is 11.4 Å². The molecule has 5 heteroatoms. The highest BCUT2D eigenvalue weighted by Crippen LogP contribution is 2.31. The first-order valence-electron chi connectivity index (χ1n) is 11.8. The van der Waals surface area contributed by atoms with Crippen LogP contribution in [0.4, 0.5) is 5.69 Å². The van der Waals surface area contributed by atoms with E-state index in [1.54, 1.807) is 16.2 Å². The van der Waals surface area contributed by atoms with Crippen molar-refractivity contribution in [2.45, 2.75) is 64.5 Å². The lowest BCUT2D eigenvalue weighted by Crippen LogP contribution is -2.47. The van der Waals surface area contributed by atoms with E-state index in [0.717, 1.165) is 53.6 Å². The van der Waals surface area contributed by atoms with Crippen molar-refractivity contribution in [2.24, 2.45) is 0 Å². The van der Waals surface area contributed by atoms with Crippen LogP contribution in [0.2, 0.25) is 0 Å². The standard InChI is InChI=1S/C28H32N2O2S/c1-20-15-21(2)17-25(16-20)30(26(31)18-22-13-14-33-19-22)27(23-9-5-3-6-10-23)28(32)29-24-11-7-4-8-12-24/h3,5-6,9-10,13-17,19,24,27H,4,7-8,11-12,18H2,1-2H3,(H,29,32)/t27-/m0/s1. The Balaban J connectivity index is 1.75. The van der Waals surface area contributed by atoms with Crippen LogP contribution in [0.25, 0.3) is 0 Å². The molecule has 1 saturated carbocycles. The van der Waals surface area contributed by atoms with Crippen LogP contribution in [0.1, 0.15) is 60.4 Å². The van der Waals surface area contributed by atoms with Gasteiger partial charge < -0.3 is 5.32 Å². The minimum absolute atomic E-state index is 0.0777. The molecule has 0 bridgehead atoms. The lowest BCUT2D eigenvalue weighted by molar-refractivity contribution is -0.127. The van der Waals surface area contributed by atoms with E-state index in [1.165, 1.54) is 6.42 Å². The molecule has 2 amide bonds. The average Bonchev–Trinajstić information content (AvgIpc) is 3.30. The van der Waals surface area contributed by atoms with Crippen molar-refractivity contribution in [1.82, 2.24) is 5.32 Å². The molecule has 1 atom stereocenters. The summed E-state index contributed by atoms with van der Waals surface area (Å²) in [6, 6.07) is 17.2. The van der Waals surface area contributed by atoms with E-state index >= 15 is 0 Å². The van der Waals surface area contributed by atoms with Crippen molar-refractivity contribution >= 4 is 28.8 Å². The Morgan fingerprint density at radius 3 is 2.33 bits per heavy atom. The van der Waals surface area contributed by atoms with Gasteiger partial charge in [-0.25, -0.2) is 0 Å². The van der Waals surface area contributed by atoms with E-state index < -0.39 is 6.04 Å². The Morgan fingerprint density at radius 1 is 1.00 bits per heavy atom. The second kappa shape index (κ2) is 10.8. The fraction of sp³-hybridized carbons (Fsp3) is 0.357. The summed E-state index contributed by atoms with van der Waals surface area (Å²) in [5.74, 6) is -0.183. The highest BCUT2D eigenvalue weighted by molar-refractivity contribution is 7.08. The molecule has 4 rings (SSSR count). The number of carbonyl (C=O) groups excluding carboxylic acids is 2. The van der Waals surface area contributed by atoms with Gasteiger partial charge in [-0.1, -0.05) is 55.7 Å². The predicted molar refractivity (Wildman–Crippen MR) is 136 cm³/mol. The number of nitrogens with one attached hydrogen (secondary N) is 1. The summed E-state index contributed by atoms with van der Waals surface area (Å²) in [4.78, 5) is 29.3. The third kappa shape index (κ3) is 5.91. The Bertz CT molecular complexity index is 1050. The summed E-state index contributed by atoms with van der Waals surface area (Å²) >= 11 is 1.58. The van der Waals surface area contributed by atoms with Crippen molar-refractivity contribution in [3.63, 3.8) is 0 Å². The maximum Gasteiger partial charge on any atom is 0.248 e. The molecule has 2 aromatic carbocycles.